The summed E-state index contributed by atoms with van der Waals surface area (Å²) in [4.78, 5) is 51.8. The summed E-state index contributed by atoms with van der Waals surface area (Å²) in [7, 11) is 2.08. The number of nitrogens with one attached hydrogen (secondary N) is 1. The highest BCUT2D eigenvalue weighted by Crippen LogP contribution is 2.31. The highest BCUT2D eigenvalue weighted by molar-refractivity contribution is 6.24. The summed E-state index contributed by atoms with van der Waals surface area (Å²) in [5.74, 6) is -2.08. The monoisotopic (exact) mass is 450 g/mol. The van der Waals surface area contributed by atoms with Gasteiger partial charge in [-0.25, -0.2) is 0 Å². The van der Waals surface area contributed by atoms with Gasteiger partial charge in [-0.05, 0) is 37.6 Å². The van der Waals surface area contributed by atoms with E-state index in [1.807, 2.05) is 18.2 Å². The van der Waals surface area contributed by atoms with Gasteiger partial charge in [0.15, 0.2) is 0 Å². The van der Waals surface area contributed by atoms with Gasteiger partial charge in [-0.3, -0.25) is 34.3 Å². The molecule has 0 aromatic heterocycles. The quantitative estimate of drug-likeness (QED) is 0.392. The van der Waals surface area contributed by atoms with Crippen LogP contribution < -0.4 is 5.32 Å². The van der Waals surface area contributed by atoms with Gasteiger partial charge in [0.2, 0.25) is 5.91 Å². The Bertz CT molecular complexity index is 1110. The van der Waals surface area contributed by atoms with Crippen LogP contribution in [0.2, 0.25) is 0 Å². The van der Waals surface area contributed by atoms with Gasteiger partial charge in [-0.15, -0.1) is 0 Å². The molecule has 1 saturated carbocycles. The van der Waals surface area contributed by atoms with Gasteiger partial charge < -0.3 is 5.32 Å². The van der Waals surface area contributed by atoms with Crippen molar-refractivity contribution in [1.82, 2.24) is 9.80 Å². The molecule has 0 radical (unpaired) electrons. The zero-order valence-corrected chi connectivity index (χ0v) is 18.5. The normalized spacial score (nSPS) is 16.2. The summed E-state index contributed by atoms with van der Waals surface area (Å²) >= 11 is 0. The summed E-state index contributed by atoms with van der Waals surface area (Å²) in [5, 5.41) is 14.1. The van der Waals surface area contributed by atoms with Gasteiger partial charge in [0.1, 0.15) is 12.1 Å². The van der Waals surface area contributed by atoms with E-state index in [-0.39, 0.29) is 11.1 Å². The fourth-order valence-electron chi connectivity index (χ4n) is 4.64. The van der Waals surface area contributed by atoms with E-state index < -0.39 is 34.9 Å². The van der Waals surface area contributed by atoms with Crippen molar-refractivity contribution >= 4 is 29.1 Å². The lowest BCUT2D eigenvalue weighted by Crippen LogP contribution is -2.37. The van der Waals surface area contributed by atoms with Crippen LogP contribution in [0.3, 0.4) is 0 Å². The number of amides is 3. The van der Waals surface area contributed by atoms with Crippen LogP contribution in [0.15, 0.2) is 42.5 Å². The molecule has 33 heavy (non-hydrogen) atoms. The van der Waals surface area contributed by atoms with Crippen molar-refractivity contribution in [3.05, 3.63) is 69.3 Å². The van der Waals surface area contributed by atoms with E-state index in [1.165, 1.54) is 37.5 Å². The second-order valence-electron chi connectivity index (χ2n) is 8.57. The van der Waals surface area contributed by atoms with Crippen molar-refractivity contribution in [2.75, 3.05) is 18.9 Å². The predicted molar refractivity (Wildman–Crippen MR) is 122 cm³/mol. The first-order valence-electron chi connectivity index (χ1n) is 11.1. The minimum Gasteiger partial charge on any atom is -0.324 e. The van der Waals surface area contributed by atoms with Gasteiger partial charge in [-0.1, -0.05) is 43.5 Å². The Hall–Kier alpha value is -3.59. The summed E-state index contributed by atoms with van der Waals surface area (Å²) < 4.78 is 0. The van der Waals surface area contributed by atoms with Crippen molar-refractivity contribution < 1.29 is 19.3 Å². The van der Waals surface area contributed by atoms with Crippen LogP contribution >= 0.6 is 0 Å². The van der Waals surface area contributed by atoms with E-state index in [1.54, 1.807) is 6.07 Å². The average molecular weight is 450 g/mol. The van der Waals surface area contributed by atoms with Crippen LogP contribution in [0.4, 0.5) is 11.4 Å². The number of nitro groups is 1. The highest BCUT2D eigenvalue weighted by atomic mass is 16.6. The topological polar surface area (TPSA) is 113 Å². The Morgan fingerprint density at radius 1 is 1.09 bits per heavy atom. The van der Waals surface area contributed by atoms with E-state index in [0.29, 0.717) is 18.3 Å². The first kappa shape index (κ1) is 22.6. The number of para-hydroxylation sites is 1. The highest BCUT2D eigenvalue weighted by Gasteiger charge is 2.41. The molecule has 9 nitrogen and oxygen atoms in total. The Labute approximate surface area is 191 Å². The number of anilines is 1. The first-order chi connectivity index (χ1) is 15.9. The summed E-state index contributed by atoms with van der Waals surface area (Å²) in [6, 6.07) is 11.8. The smallest absolute Gasteiger partial charge is 0.282 e. The molecule has 2 aliphatic rings. The zero-order chi connectivity index (χ0) is 23.5. The summed E-state index contributed by atoms with van der Waals surface area (Å²) in [6.07, 6.45) is 6.06. The molecule has 3 amide bonds. The number of carbonyl (C=O) groups is 3. The average Bonchev–Trinajstić information content (AvgIpc) is 3.05. The molecule has 9 heteroatoms. The summed E-state index contributed by atoms with van der Waals surface area (Å²) in [5.41, 5.74) is 0.792. The van der Waals surface area contributed by atoms with Gasteiger partial charge in [0.25, 0.3) is 17.5 Å². The summed E-state index contributed by atoms with van der Waals surface area (Å²) in [6.45, 7) is 0.149. The standard InChI is InChI=1S/C24H26N4O5/c1-26(17-9-3-2-4-10-17)14-16-8-5-6-12-19(16)25-21(29)15-27-23(30)18-11-7-13-20(28(32)33)22(18)24(27)31/h5-8,11-13,17H,2-4,9-10,14-15H2,1H3,(H,25,29). The lowest BCUT2D eigenvalue weighted by Gasteiger charge is -2.31. The first-order valence-corrected chi connectivity index (χ1v) is 11.1. The number of fused-ring (bicyclic) bond motifs is 1. The zero-order valence-electron chi connectivity index (χ0n) is 18.5. The Kier molecular flexibility index (Phi) is 6.50. The maximum atomic E-state index is 12.8. The van der Waals surface area contributed by atoms with Crippen molar-refractivity contribution in [3.8, 4) is 0 Å². The van der Waals surface area contributed by atoms with Crippen LogP contribution in [0, 0.1) is 10.1 Å². The number of nitro benzene ring substituents is 1. The molecule has 1 heterocycles. The second-order valence-corrected chi connectivity index (χ2v) is 8.57. The molecule has 4 rings (SSSR count). The van der Waals surface area contributed by atoms with Gasteiger partial charge >= 0.3 is 0 Å². The molecular weight excluding hydrogens is 424 g/mol. The van der Waals surface area contributed by atoms with Crippen LogP contribution in [-0.2, 0) is 11.3 Å². The largest absolute Gasteiger partial charge is 0.324 e. The molecule has 1 fully saturated rings. The number of imide groups is 1. The SMILES string of the molecule is CN(Cc1ccccc1NC(=O)CN1C(=O)c2cccc([N+](=O)[O-])c2C1=O)C1CCCCC1. The Morgan fingerprint density at radius 2 is 1.82 bits per heavy atom. The van der Waals surface area contributed by atoms with Crippen LogP contribution in [0.25, 0.3) is 0 Å². The number of benzene rings is 2. The van der Waals surface area contributed by atoms with E-state index in [0.717, 1.165) is 23.3 Å². The lowest BCUT2D eigenvalue weighted by molar-refractivity contribution is -0.385. The molecule has 0 saturated heterocycles. The third kappa shape index (κ3) is 4.63. The van der Waals surface area contributed by atoms with E-state index in [9.17, 15) is 24.5 Å². The Morgan fingerprint density at radius 3 is 2.55 bits per heavy atom. The van der Waals surface area contributed by atoms with Crippen molar-refractivity contribution in [2.45, 2.75) is 44.7 Å². The molecular formula is C24H26N4O5. The minimum absolute atomic E-state index is 0.0588. The van der Waals surface area contributed by atoms with Gasteiger partial charge in [-0.2, -0.15) is 0 Å². The Balaban J connectivity index is 1.45. The van der Waals surface area contributed by atoms with E-state index in [2.05, 4.69) is 17.3 Å². The molecule has 0 spiro atoms. The minimum atomic E-state index is -0.831. The van der Waals surface area contributed by atoms with Gasteiger partial charge in [0, 0.05) is 24.3 Å². The van der Waals surface area contributed by atoms with Crippen molar-refractivity contribution in [1.29, 1.82) is 0 Å². The molecule has 0 unspecified atom stereocenters. The predicted octanol–water partition coefficient (Wildman–Crippen LogP) is 3.59. The van der Waals surface area contributed by atoms with E-state index >= 15 is 0 Å². The number of hydrogen-bond acceptors (Lipinski definition) is 6. The maximum absolute atomic E-state index is 12.8. The van der Waals surface area contributed by atoms with Crippen LogP contribution in [-0.4, -0.2) is 52.1 Å². The molecule has 1 aliphatic carbocycles. The molecule has 172 valence electrons. The number of nitrogens with zero attached hydrogens (tertiary/aromatic N) is 3. The number of carbonyl (C=O) groups excluding carboxylic acids is 3. The van der Waals surface area contributed by atoms with Gasteiger partial charge in [0.05, 0.1) is 10.5 Å². The molecule has 1 aliphatic heterocycles. The third-order valence-electron chi connectivity index (χ3n) is 6.38. The molecule has 1 N–H and O–H groups in total. The fraction of sp³-hybridized carbons (Fsp3) is 0.375. The van der Waals surface area contributed by atoms with Crippen molar-refractivity contribution in [3.63, 3.8) is 0 Å². The second kappa shape index (κ2) is 9.50. The van der Waals surface area contributed by atoms with Crippen LogP contribution in [0.5, 0.6) is 0 Å². The maximum Gasteiger partial charge on any atom is 0.282 e. The van der Waals surface area contributed by atoms with E-state index in [4.69, 9.17) is 0 Å². The molecule has 2 aromatic rings. The number of rotatable bonds is 7. The molecule has 0 bridgehead atoms. The lowest BCUT2D eigenvalue weighted by atomic mass is 9.94. The number of hydrogen-bond donors (Lipinski definition) is 1. The third-order valence-corrected chi connectivity index (χ3v) is 6.38. The molecule has 0 atom stereocenters. The van der Waals surface area contributed by atoms with Crippen molar-refractivity contribution in [2.24, 2.45) is 0 Å². The fourth-order valence-corrected chi connectivity index (χ4v) is 4.64. The molecule has 2 aromatic carbocycles. The van der Waals surface area contributed by atoms with Crippen LogP contribution in [0.1, 0.15) is 58.4 Å².